The number of anilines is 1. The average molecular weight is 290 g/mol. The van der Waals surface area contributed by atoms with Crippen LogP contribution in [-0.2, 0) is 0 Å². The van der Waals surface area contributed by atoms with Crippen molar-refractivity contribution in [2.45, 2.75) is 58.5 Å². The predicted octanol–water partition coefficient (Wildman–Crippen LogP) is 4.15. The van der Waals surface area contributed by atoms with Gasteiger partial charge in [-0.3, -0.25) is 0 Å². The number of likely N-dealkylation sites (tertiary alicyclic amines) is 1. The first-order valence-electron chi connectivity index (χ1n) is 8.42. The molecule has 118 valence electrons. The van der Waals surface area contributed by atoms with Gasteiger partial charge in [-0.25, -0.2) is 0 Å². The van der Waals surface area contributed by atoms with Gasteiger partial charge >= 0.3 is 0 Å². The molecule has 1 unspecified atom stereocenters. The molecule has 1 N–H and O–H groups in total. The smallest absolute Gasteiger partial charge is 0.121 e. The van der Waals surface area contributed by atoms with Gasteiger partial charge in [0.15, 0.2) is 0 Å². The summed E-state index contributed by atoms with van der Waals surface area (Å²) >= 11 is 0. The van der Waals surface area contributed by atoms with E-state index in [1.807, 2.05) is 6.07 Å². The van der Waals surface area contributed by atoms with E-state index in [-0.39, 0.29) is 0 Å². The number of nitrogens with one attached hydrogen (secondary N) is 1. The number of hydrogen-bond donors (Lipinski definition) is 1. The third-order valence-electron chi connectivity index (χ3n) is 4.17. The van der Waals surface area contributed by atoms with Crippen molar-refractivity contribution in [1.29, 1.82) is 0 Å². The van der Waals surface area contributed by atoms with Crippen molar-refractivity contribution in [2.24, 2.45) is 0 Å². The molecule has 3 nitrogen and oxygen atoms in total. The van der Waals surface area contributed by atoms with Crippen LogP contribution in [0, 0.1) is 0 Å². The van der Waals surface area contributed by atoms with Crippen molar-refractivity contribution in [1.82, 2.24) is 4.90 Å². The summed E-state index contributed by atoms with van der Waals surface area (Å²) in [6.45, 7) is 9.94. The highest BCUT2D eigenvalue weighted by atomic mass is 16.5. The molecular weight excluding hydrogens is 260 g/mol. The molecule has 0 spiro atoms. The van der Waals surface area contributed by atoms with Gasteiger partial charge in [0.05, 0.1) is 6.61 Å². The SMILES string of the molecule is CCCOc1cccc(NC2CCCN(C(C)C)CC2)c1. The summed E-state index contributed by atoms with van der Waals surface area (Å²) in [5, 5.41) is 3.69. The van der Waals surface area contributed by atoms with E-state index >= 15 is 0 Å². The van der Waals surface area contributed by atoms with Crippen molar-refractivity contribution < 1.29 is 4.74 Å². The molecule has 0 amide bonds. The van der Waals surface area contributed by atoms with Gasteiger partial charge in [0.1, 0.15) is 5.75 Å². The molecule has 1 heterocycles. The second kappa shape index (κ2) is 8.28. The van der Waals surface area contributed by atoms with E-state index in [1.165, 1.54) is 38.0 Å². The van der Waals surface area contributed by atoms with Crippen molar-refractivity contribution in [2.75, 3.05) is 25.0 Å². The third kappa shape index (κ3) is 5.24. The number of nitrogens with zero attached hydrogens (tertiary/aromatic N) is 1. The van der Waals surface area contributed by atoms with Crippen LogP contribution in [0.15, 0.2) is 24.3 Å². The minimum Gasteiger partial charge on any atom is -0.494 e. The van der Waals surface area contributed by atoms with Crippen LogP contribution >= 0.6 is 0 Å². The third-order valence-corrected chi connectivity index (χ3v) is 4.17. The lowest BCUT2D eigenvalue weighted by atomic mass is 10.1. The molecule has 0 bridgehead atoms. The van der Waals surface area contributed by atoms with E-state index in [4.69, 9.17) is 4.74 Å². The van der Waals surface area contributed by atoms with E-state index in [0.29, 0.717) is 12.1 Å². The van der Waals surface area contributed by atoms with Crippen LogP contribution in [0.5, 0.6) is 5.75 Å². The lowest BCUT2D eigenvalue weighted by Gasteiger charge is -2.24. The highest BCUT2D eigenvalue weighted by Crippen LogP contribution is 2.21. The van der Waals surface area contributed by atoms with Crippen molar-refractivity contribution in [3.63, 3.8) is 0 Å². The van der Waals surface area contributed by atoms with Crippen LogP contribution in [-0.4, -0.2) is 36.7 Å². The van der Waals surface area contributed by atoms with Gasteiger partial charge in [0.2, 0.25) is 0 Å². The molecule has 1 aliphatic rings. The second-order valence-corrected chi connectivity index (χ2v) is 6.28. The van der Waals surface area contributed by atoms with Gasteiger partial charge in [-0.15, -0.1) is 0 Å². The lowest BCUT2D eigenvalue weighted by molar-refractivity contribution is 0.230. The van der Waals surface area contributed by atoms with E-state index in [1.54, 1.807) is 0 Å². The number of ether oxygens (including phenoxy) is 1. The van der Waals surface area contributed by atoms with Crippen LogP contribution in [0.4, 0.5) is 5.69 Å². The van der Waals surface area contributed by atoms with Crippen LogP contribution < -0.4 is 10.1 Å². The Kier molecular flexibility index (Phi) is 6.37. The Labute approximate surface area is 129 Å². The number of rotatable bonds is 6. The summed E-state index contributed by atoms with van der Waals surface area (Å²) in [5.74, 6) is 0.972. The molecule has 21 heavy (non-hydrogen) atoms. The zero-order valence-corrected chi connectivity index (χ0v) is 13.8. The second-order valence-electron chi connectivity index (χ2n) is 6.28. The van der Waals surface area contributed by atoms with E-state index in [0.717, 1.165) is 18.8 Å². The lowest BCUT2D eigenvalue weighted by Crippen LogP contribution is -2.32. The fraction of sp³-hybridized carbons (Fsp3) is 0.667. The highest BCUT2D eigenvalue weighted by molar-refractivity contribution is 5.48. The zero-order valence-electron chi connectivity index (χ0n) is 13.8. The predicted molar refractivity (Wildman–Crippen MR) is 90.2 cm³/mol. The average Bonchev–Trinajstić information content (AvgIpc) is 2.71. The maximum absolute atomic E-state index is 5.71. The maximum Gasteiger partial charge on any atom is 0.121 e. The van der Waals surface area contributed by atoms with Gasteiger partial charge in [-0.05, 0) is 58.2 Å². The first-order chi connectivity index (χ1) is 10.2. The van der Waals surface area contributed by atoms with Gasteiger partial charge in [-0.1, -0.05) is 13.0 Å². The Morgan fingerprint density at radius 2 is 2.14 bits per heavy atom. The molecule has 0 aliphatic carbocycles. The van der Waals surface area contributed by atoms with Crippen molar-refractivity contribution >= 4 is 5.69 Å². The Balaban J connectivity index is 1.89. The summed E-state index contributed by atoms with van der Waals surface area (Å²) in [4.78, 5) is 2.59. The summed E-state index contributed by atoms with van der Waals surface area (Å²) in [7, 11) is 0. The minimum atomic E-state index is 0.579. The molecule has 0 radical (unpaired) electrons. The molecule has 0 aromatic heterocycles. The molecule has 1 saturated heterocycles. The van der Waals surface area contributed by atoms with Crippen molar-refractivity contribution in [3.05, 3.63) is 24.3 Å². The molecule has 2 rings (SSSR count). The summed E-state index contributed by atoms with van der Waals surface area (Å²) in [6, 6.07) is 9.62. The Hall–Kier alpha value is -1.22. The summed E-state index contributed by atoms with van der Waals surface area (Å²) in [5.41, 5.74) is 1.19. The molecule has 1 aromatic rings. The Morgan fingerprint density at radius 1 is 1.29 bits per heavy atom. The standard InChI is InChI=1S/C18H30N2O/c1-4-13-21-18-9-5-7-17(14-18)19-16-8-6-11-20(12-10-16)15(2)3/h5,7,9,14-16,19H,4,6,8,10-13H2,1-3H3. The fourth-order valence-corrected chi connectivity index (χ4v) is 2.91. The quantitative estimate of drug-likeness (QED) is 0.851. The van der Waals surface area contributed by atoms with Crippen LogP contribution in [0.1, 0.15) is 46.5 Å². The largest absolute Gasteiger partial charge is 0.494 e. The Morgan fingerprint density at radius 3 is 2.90 bits per heavy atom. The van der Waals surface area contributed by atoms with Crippen molar-refractivity contribution in [3.8, 4) is 5.75 Å². The first kappa shape index (κ1) is 16.2. The molecule has 1 aliphatic heterocycles. The molecule has 1 aromatic carbocycles. The molecular formula is C18H30N2O. The fourth-order valence-electron chi connectivity index (χ4n) is 2.91. The number of benzene rings is 1. The van der Waals surface area contributed by atoms with Gasteiger partial charge in [0.25, 0.3) is 0 Å². The van der Waals surface area contributed by atoms with Crippen LogP contribution in [0.2, 0.25) is 0 Å². The molecule has 1 atom stereocenters. The first-order valence-corrected chi connectivity index (χ1v) is 8.42. The Bertz CT molecular complexity index is 419. The summed E-state index contributed by atoms with van der Waals surface area (Å²) < 4.78 is 5.71. The van der Waals surface area contributed by atoms with Crippen LogP contribution in [0.3, 0.4) is 0 Å². The van der Waals surface area contributed by atoms with E-state index in [2.05, 4.69) is 49.2 Å². The number of hydrogen-bond acceptors (Lipinski definition) is 3. The van der Waals surface area contributed by atoms with Crippen LogP contribution in [0.25, 0.3) is 0 Å². The van der Waals surface area contributed by atoms with Gasteiger partial charge < -0.3 is 15.0 Å². The highest BCUT2D eigenvalue weighted by Gasteiger charge is 2.18. The topological polar surface area (TPSA) is 24.5 Å². The van der Waals surface area contributed by atoms with Gasteiger partial charge in [0, 0.05) is 30.4 Å². The zero-order chi connectivity index (χ0) is 15.1. The molecule has 0 saturated carbocycles. The van der Waals surface area contributed by atoms with Gasteiger partial charge in [-0.2, -0.15) is 0 Å². The molecule has 1 fully saturated rings. The monoisotopic (exact) mass is 290 g/mol. The summed E-state index contributed by atoms with van der Waals surface area (Å²) in [6.07, 6.45) is 4.80. The maximum atomic E-state index is 5.71. The normalized spacial score (nSPS) is 20.3. The minimum absolute atomic E-state index is 0.579. The van der Waals surface area contributed by atoms with E-state index < -0.39 is 0 Å². The van der Waals surface area contributed by atoms with E-state index in [9.17, 15) is 0 Å². The molecule has 3 heteroatoms.